The van der Waals surface area contributed by atoms with E-state index >= 15 is 0 Å². The average Bonchev–Trinajstić information content (AvgIpc) is 3.22. The van der Waals surface area contributed by atoms with Crippen LogP contribution in [0.4, 0.5) is 0 Å². The van der Waals surface area contributed by atoms with Crippen LogP contribution in [0.15, 0.2) is 27.7 Å². The SMILES string of the molecule is CCOC(=O)c1ccc(Cn2cnc3sc4c(c3c2=O)CCCC4)o1. The van der Waals surface area contributed by atoms with E-state index in [9.17, 15) is 9.59 Å². The smallest absolute Gasteiger partial charge is 0.374 e. The molecule has 3 aromatic rings. The monoisotopic (exact) mass is 358 g/mol. The minimum atomic E-state index is -0.499. The van der Waals surface area contributed by atoms with Crippen LogP contribution in [0.1, 0.15) is 46.5 Å². The first-order chi connectivity index (χ1) is 12.2. The largest absolute Gasteiger partial charge is 0.460 e. The Morgan fingerprint density at radius 3 is 3.04 bits per heavy atom. The molecule has 1 aliphatic carbocycles. The molecule has 0 radical (unpaired) electrons. The van der Waals surface area contributed by atoms with Crippen LogP contribution in [0.5, 0.6) is 0 Å². The fraction of sp³-hybridized carbons (Fsp3) is 0.389. The predicted octanol–water partition coefficient (Wildman–Crippen LogP) is 3.15. The minimum absolute atomic E-state index is 0.0431. The van der Waals surface area contributed by atoms with Gasteiger partial charge >= 0.3 is 5.97 Å². The van der Waals surface area contributed by atoms with Crippen LogP contribution in [-0.2, 0) is 24.1 Å². The second-order valence-corrected chi connectivity index (χ2v) is 7.14. The summed E-state index contributed by atoms with van der Waals surface area (Å²) in [4.78, 5) is 31.2. The molecule has 6 nitrogen and oxygen atoms in total. The molecule has 0 fully saturated rings. The Kier molecular flexibility index (Phi) is 4.17. The number of furan rings is 1. The van der Waals surface area contributed by atoms with Gasteiger partial charge in [0.1, 0.15) is 10.6 Å². The normalized spacial score (nSPS) is 13.8. The lowest BCUT2D eigenvalue weighted by Gasteiger charge is -2.10. The highest BCUT2D eigenvalue weighted by Crippen LogP contribution is 2.33. The molecule has 3 aromatic heterocycles. The highest BCUT2D eigenvalue weighted by atomic mass is 32.1. The zero-order valence-corrected chi connectivity index (χ0v) is 14.7. The summed E-state index contributed by atoms with van der Waals surface area (Å²) in [7, 11) is 0. The summed E-state index contributed by atoms with van der Waals surface area (Å²) < 4.78 is 12.0. The molecule has 0 aromatic carbocycles. The van der Waals surface area contributed by atoms with Crippen LogP contribution in [0, 0.1) is 0 Å². The number of aromatic nitrogens is 2. The number of carbonyl (C=O) groups excluding carboxylic acids is 1. The topological polar surface area (TPSA) is 74.3 Å². The summed E-state index contributed by atoms with van der Waals surface area (Å²) in [5.41, 5.74) is 1.13. The molecular weight excluding hydrogens is 340 g/mol. The van der Waals surface area contributed by atoms with E-state index < -0.39 is 5.97 Å². The van der Waals surface area contributed by atoms with Gasteiger partial charge in [0.15, 0.2) is 0 Å². The highest BCUT2D eigenvalue weighted by Gasteiger charge is 2.20. The Labute approximate surface area is 148 Å². The Hall–Kier alpha value is -2.41. The average molecular weight is 358 g/mol. The molecule has 0 saturated carbocycles. The van der Waals surface area contributed by atoms with Crippen molar-refractivity contribution in [1.82, 2.24) is 9.55 Å². The van der Waals surface area contributed by atoms with Crippen molar-refractivity contribution in [2.45, 2.75) is 39.2 Å². The molecule has 25 heavy (non-hydrogen) atoms. The number of aryl methyl sites for hydroxylation is 2. The number of hydrogen-bond donors (Lipinski definition) is 0. The van der Waals surface area contributed by atoms with Gasteiger partial charge in [-0.3, -0.25) is 9.36 Å². The maximum Gasteiger partial charge on any atom is 0.374 e. The van der Waals surface area contributed by atoms with E-state index in [1.807, 2.05) is 0 Å². The van der Waals surface area contributed by atoms with Crippen molar-refractivity contribution < 1.29 is 13.9 Å². The van der Waals surface area contributed by atoms with Crippen molar-refractivity contribution in [1.29, 1.82) is 0 Å². The molecule has 0 unspecified atom stereocenters. The molecule has 0 atom stereocenters. The maximum absolute atomic E-state index is 12.9. The Morgan fingerprint density at radius 1 is 1.36 bits per heavy atom. The van der Waals surface area contributed by atoms with Crippen LogP contribution >= 0.6 is 11.3 Å². The Bertz CT molecular complexity index is 998. The zero-order valence-electron chi connectivity index (χ0n) is 13.9. The Morgan fingerprint density at radius 2 is 2.20 bits per heavy atom. The summed E-state index contributed by atoms with van der Waals surface area (Å²) >= 11 is 1.63. The predicted molar refractivity (Wildman–Crippen MR) is 94.3 cm³/mol. The van der Waals surface area contributed by atoms with Crippen molar-refractivity contribution in [3.63, 3.8) is 0 Å². The van der Waals surface area contributed by atoms with E-state index in [4.69, 9.17) is 9.15 Å². The molecule has 0 bridgehead atoms. The van der Waals surface area contributed by atoms with Gasteiger partial charge in [-0.1, -0.05) is 0 Å². The van der Waals surface area contributed by atoms with Gasteiger partial charge in [-0.2, -0.15) is 0 Å². The molecule has 0 N–H and O–H groups in total. The Balaban J connectivity index is 1.67. The van der Waals surface area contributed by atoms with Crippen molar-refractivity contribution >= 4 is 27.5 Å². The standard InChI is InChI=1S/C18H18N2O4S/c1-2-23-18(22)13-8-7-11(24-13)9-20-10-19-16-15(17(20)21)12-5-3-4-6-14(12)25-16/h7-8,10H,2-6,9H2,1H3. The second-order valence-electron chi connectivity index (χ2n) is 6.06. The van der Waals surface area contributed by atoms with Crippen molar-refractivity contribution in [2.75, 3.05) is 6.61 Å². The molecule has 7 heteroatoms. The number of nitrogens with zero attached hydrogens (tertiary/aromatic N) is 2. The summed E-state index contributed by atoms with van der Waals surface area (Å²) in [5, 5.41) is 0.749. The summed E-state index contributed by atoms with van der Waals surface area (Å²) in [6, 6.07) is 3.25. The van der Waals surface area contributed by atoms with Crippen molar-refractivity contribution in [2.24, 2.45) is 0 Å². The van der Waals surface area contributed by atoms with Gasteiger partial charge < -0.3 is 9.15 Å². The molecule has 0 aliphatic heterocycles. The molecular formula is C18H18N2O4S. The summed E-state index contributed by atoms with van der Waals surface area (Å²) in [6.45, 7) is 2.27. The van der Waals surface area contributed by atoms with Gasteiger partial charge in [0.2, 0.25) is 5.76 Å². The number of hydrogen-bond acceptors (Lipinski definition) is 6. The minimum Gasteiger partial charge on any atom is -0.460 e. The lowest BCUT2D eigenvalue weighted by Crippen LogP contribution is -2.21. The molecule has 3 heterocycles. The van der Waals surface area contributed by atoms with Crippen LogP contribution in [-0.4, -0.2) is 22.1 Å². The van der Waals surface area contributed by atoms with Crippen molar-refractivity contribution in [3.8, 4) is 0 Å². The van der Waals surface area contributed by atoms with Crippen LogP contribution in [0.25, 0.3) is 10.2 Å². The molecule has 130 valence electrons. The van der Waals surface area contributed by atoms with E-state index in [1.165, 1.54) is 21.4 Å². The molecule has 0 spiro atoms. The van der Waals surface area contributed by atoms with Gasteiger partial charge in [-0.15, -0.1) is 11.3 Å². The summed E-state index contributed by atoms with van der Waals surface area (Å²) in [6.07, 6.45) is 5.84. The lowest BCUT2D eigenvalue weighted by molar-refractivity contribution is 0.0488. The number of esters is 1. The van der Waals surface area contributed by atoms with E-state index in [0.29, 0.717) is 5.76 Å². The summed E-state index contributed by atoms with van der Waals surface area (Å²) in [5.74, 6) is 0.170. The first kappa shape index (κ1) is 16.1. The number of thiophene rings is 1. The maximum atomic E-state index is 12.9. The number of ether oxygens (including phenoxy) is 1. The van der Waals surface area contributed by atoms with E-state index in [0.717, 1.165) is 29.5 Å². The quantitative estimate of drug-likeness (QED) is 0.670. The van der Waals surface area contributed by atoms with Crippen LogP contribution in [0.2, 0.25) is 0 Å². The van der Waals surface area contributed by atoms with Crippen molar-refractivity contribution in [3.05, 3.63) is 50.8 Å². The van der Waals surface area contributed by atoms with Gasteiger partial charge in [0.25, 0.3) is 5.56 Å². The third-order valence-electron chi connectivity index (χ3n) is 4.41. The zero-order chi connectivity index (χ0) is 17.4. The van der Waals surface area contributed by atoms with Gasteiger partial charge in [-0.05, 0) is 50.3 Å². The first-order valence-electron chi connectivity index (χ1n) is 8.43. The lowest BCUT2D eigenvalue weighted by atomic mass is 9.97. The fourth-order valence-corrected chi connectivity index (χ4v) is 4.46. The van der Waals surface area contributed by atoms with E-state index in [2.05, 4.69) is 4.98 Å². The molecule has 0 amide bonds. The number of rotatable bonds is 4. The first-order valence-corrected chi connectivity index (χ1v) is 9.24. The molecule has 1 aliphatic rings. The van der Waals surface area contributed by atoms with E-state index in [-0.39, 0.29) is 24.5 Å². The highest BCUT2D eigenvalue weighted by molar-refractivity contribution is 7.18. The van der Waals surface area contributed by atoms with Crippen LogP contribution < -0.4 is 5.56 Å². The van der Waals surface area contributed by atoms with Gasteiger partial charge in [-0.25, -0.2) is 9.78 Å². The number of carbonyl (C=O) groups is 1. The third kappa shape index (κ3) is 2.89. The number of fused-ring (bicyclic) bond motifs is 3. The van der Waals surface area contributed by atoms with Gasteiger partial charge in [0.05, 0.1) is 24.9 Å². The van der Waals surface area contributed by atoms with Crippen LogP contribution in [0.3, 0.4) is 0 Å². The fourth-order valence-electron chi connectivity index (χ4n) is 3.24. The molecule has 4 rings (SSSR count). The van der Waals surface area contributed by atoms with Gasteiger partial charge in [0, 0.05) is 4.88 Å². The second kappa shape index (κ2) is 6.48. The van der Waals surface area contributed by atoms with E-state index in [1.54, 1.807) is 36.7 Å². The third-order valence-corrected chi connectivity index (χ3v) is 5.61. The molecule has 0 saturated heterocycles.